The Balaban J connectivity index is 2.68. The summed E-state index contributed by atoms with van der Waals surface area (Å²) in [6.07, 6.45) is 2.06. The first-order chi connectivity index (χ1) is 10.1. The van der Waals surface area contributed by atoms with Crippen molar-refractivity contribution in [3.63, 3.8) is 0 Å². The molecule has 0 aliphatic heterocycles. The Morgan fingerprint density at radius 3 is 2.71 bits per heavy atom. The Morgan fingerprint density at radius 1 is 1.33 bits per heavy atom. The second-order valence-electron chi connectivity index (χ2n) is 5.30. The highest BCUT2D eigenvalue weighted by Crippen LogP contribution is 2.21. The molecule has 1 N–H and O–H groups in total. The monoisotopic (exact) mass is 297 g/mol. The molecule has 0 heterocycles. The van der Waals surface area contributed by atoms with Crippen LogP contribution in [0.3, 0.4) is 0 Å². The number of carbonyl (C=O) groups is 1. The van der Waals surface area contributed by atoms with E-state index < -0.39 is 0 Å². The summed E-state index contributed by atoms with van der Waals surface area (Å²) in [7, 11) is 1.62. The standard InChI is InChI=1S/C16H24FNO3/c1-12(2)15(18-11-19)9-13-5-6-14(17)16(10-13)21-8-4-7-20-3/h5-6,10-12,15H,4,7-9H2,1-3H3,(H,18,19)/t15-/m1/s1. The molecular weight excluding hydrogens is 273 g/mol. The van der Waals surface area contributed by atoms with E-state index in [9.17, 15) is 9.18 Å². The van der Waals surface area contributed by atoms with E-state index in [0.717, 1.165) is 5.56 Å². The van der Waals surface area contributed by atoms with Gasteiger partial charge in [0.25, 0.3) is 0 Å². The van der Waals surface area contributed by atoms with E-state index in [1.165, 1.54) is 6.07 Å². The summed E-state index contributed by atoms with van der Waals surface area (Å²) in [4.78, 5) is 10.6. The van der Waals surface area contributed by atoms with Crippen molar-refractivity contribution < 1.29 is 18.7 Å². The van der Waals surface area contributed by atoms with Crippen LogP contribution in [0, 0.1) is 11.7 Å². The third-order valence-corrected chi connectivity index (χ3v) is 3.29. The maximum atomic E-state index is 13.7. The normalized spacial score (nSPS) is 12.2. The zero-order valence-corrected chi connectivity index (χ0v) is 12.9. The van der Waals surface area contributed by atoms with Crippen LogP contribution in [0.5, 0.6) is 5.75 Å². The van der Waals surface area contributed by atoms with Crippen LogP contribution in [0.25, 0.3) is 0 Å². The van der Waals surface area contributed by atoms with Crippen LogP contribution >= 0.6 is 0 Å². The predicted octanol–water partition coefficient (Wildman–Crippen LogP) is 2.55. The molecule has 1 rings (SSSR count). The minimum absolute atomic E-state index is 0.0225. The molecule has 1 aromatic carbocycles. The highest BCUT2D eigenvalue weighted by Gasteiger charge is 2.14. The number of methoxy groups -OCH3 is 1. The molecule has 0 aliphatic carbocycles. The number of hydrogen-bond donors (Lipinski definition) is 1. The molecule has 0 radical (unpaired) electrons. The fraction of sp³-hybridized carbons (Fsp3) is 0.562. The lowest BCUT2D eigenvalue weighted by Gasteiger charge is -2.20. The molecule has 0 saturated carbocycles. The Bertz CT molecular complexity index is 438. The molecule has 0 aliphatic rings. The van der Waals surface area contributed by atoms with Crippen molar-refractivity contribution in [2.75, 3.05) is 20.3 Å². The number of benzene rings is 1. The van der Waals surface area contributed by atoms with Crippen LogP contribution in [0.15, 0.2) is 18.2 Å². The number of halogens is 1. The number of carbonyl (C=O) groups excluding carboxylic acids is 1. The number of nitrogens with one attached hydrogen (secondary N) is 1. The molecule has 0 bridgehead atoms. The summed E-state index contributed by atoms with van der Waals surface area (Å²) in [5, 5.41) is 2.79. The molecular formula is C16H24FNO3. The first kappa shape index (κ1) is 17.4. The average molecular weight is 297 g/mol. The van der Waals surface area contributed by atoms with Gasteiger partial charge in [0.15, 0.2) is 11.6 Å². The van der Waals surface area contributed by atoms with Crippen molar-refractivity contribution in [2.45, 2.75) is 32.7 Å². The molecule has 1 amide bonds. The van der Waals surface area contributed by atoms with E-state index in [1.54, 1.807) is 19.2 Å². The van der Waals surface area contributed by atoms with Crippen molar-refractivity contribution in [3.05, 3.63) is 29.6 Å². The van der Waals surface area contributed by atoms with E-state index >= 15 is 0 Å². The van der Waals surface area contributed by atoms with Gasteiger partial charge in [-0.1, -0.05) is 19.9 Å². The van der Waals surface area contributed by atoms with Crippen LogP contribution in [0.1, 0.15) is 25.8 Å². The molecule has 0 spiro atoms. The lowest BCUT2D eigenvalue weighted by Crippen LogP contribution is -2.34. The topological polar surface area (TPSA) is 47.6 Å². The first-order valence-electron chi connectivity index (χ1n) is 7.18. The number of rotatable bonds is 10. The van der Waals surface area contributed by atoms with Crippen LogP contribution < -0.4 is 10.1 Å². The number of amides is 1. The average Bonchev–Trinajstić information content (AvgIpc) is 2.46. The Labute approximate surface area is 125 Å². The van der Waals surface area contributed by atoms with Crippen molar-refractivity contribution in [1.29, 1.82) is 0 Å². The van der Waals surface area contributed by atoms with Crippen molar-refractivity contribution in [2.24, 2.45) is 5.92 Å². The lowest BCUT2D eigenvalue weighted by atomic mass is 9.96. The van der Waals surface area contributed by atoms with Gasteiger partial charge in [-0.2, -0.15) is 0 Å². The summed E-state index contributed by atoms with van der Waals surface area (Å²) >= 11 is 0. The van der Waals surface area contributed by atoms with Gasteiger partial charge in [-0.05, 0) is 30.0 Å². The minimum Gasteiger partial charge on any atom is -0.490 e. The minimum atomic E-state index is -0.374. The quantitative estimate of drug-likeness (QED) is 0.533. The summed E-state index contributed by atoms with van der Waals surface area (Å²) < 4.78 is 24.1. The highest BCUT2D eigenvalue weighted by molar-refractivity contribution is 5.47. The van der Waals surface area contributed by atoms with Crippen LogP contribution in [0.2, 0.25) is 0 Å². The molecule has 1 aromatic rings. The van der Waals surface area contributed by atoms with Crippen LogP contribution in [-0.4, -0.2) is 32.8 Å². The fourth-order valence-corrected chi connectivity index (χ4v) is 2.00. The summed E-state index contributed by atoms with van der Waals surface area (Å²) in [6.45, 7) is 5.06. The van der Waals surface area contributed by atoms with E-state index in [0.29, 0.717) is 38.4 Å². The van der Waals surface area contributed by atoms with Gasteiger partial charge in [0.2, 0.25) is 6.41 Å². The van der Waals surface area contributed by atoms with E-state index in [2.05, 4.69) is 5.32 Å². The molecule has 1 atom stereocenters. The van der Waals surface area contributed by atoms with Gasteiger partial charge in [0, 0.05) is 26.2 Å². The second-order valence-corrected chi connectivity index (χ2v) is 5.30. The van der Waals surface area contributed by atoms with Gasteiger partial charge in [0.1, 0.15) is 0 Å². The molecule has 0 unspecified atom stereocenters. The molecule has 118 valence electrons. The molecule has 5 heteroatoms. The Morgan fingerprint density at radius 2 is 2.10 bits per heavy atom. The van der Waals surface area contributed by atoms with Gasteiger partial charge in [-0.15, -0.1) is 0 Å². The lowest BCUT2D eigenvalue weighted by molar-refractivity contribution is -0.110. The van der Waals surface area contributed by atoms with Crippen molar-refractivity contribution in [3.8, 4) is 5.75 Å². The zero-order chi connectivity index (χ0) is 15.7. The second kappa shape index (κ2) is 9.34. The Kier molecular flexibility index (Phi) is 7.75. The van der Waals surface area contributed by atoms with Crippen LogP contribution in [0.4, 0.5) is 4.39 Å². The first-order valence-corrected chi connectivity index (χ1v) is 7.18. The maximum Gasteiger partial charge on any atom is 0.207 e. The number of ether oxygens (including phenoxy) is 2. The van der Waals surface area contributed by atoms with E-state index in [4.69, 9.17) is 9.47 Å². The van der Waals surface area contributed by atoms with Gasteiger partial charge in [-0.25, -0.2) is 4.39 Å². The highest BCUT2D eigenvalue weighted by atomic mass is 19.1. The maximum absolute atomic E-state index is 13.7. The molecule has 4 nitrogen and oxygen atoms in total. The third kappa shape index (κ3) is 6.12. The largest absolute Gasteiger partial charge is 0.490 e. The molecule has 0 aromatic heterocycles. The molecule has 0 fully saturated rings. The Hall–Kier alpha value is -1.62. The van der Waals surface area contributed by atoms with Gasteiger partial charge in [-0.3, -0.25) is 4.79 Å². The third-order valence-electron chi connectivity index (χ3n) is 3.29. The zero-order valence-electron chi connectivity index (χ0n) is 12.9. The molecule has 0 saturated heterocycles. The van der Waals surface area contributed by atoms with E-state index in [-0.39, 0.29) is 17.6 Å². The van der Waals surface area contributed by atoms with Crippen molar-refractivity contribution in [1.82, 2.24) is 5.32 Å². The van der Waals surface area contributed by atoms with Gasteiger partial charge < -0.3 is 14.8 Å². The molecule has 21 heavy (non-hydrogen) atoms. The smallest absolute Gasteiger partial charge is 0.207 e. The van der Waals surface area contributed by atoms with Crippen molar-refractivity contribution >= 4 is 6.41 Å². The predicted molar refractivity (Wildman–Crippen MR) is 79.9 cm³/mol. The SMILES string of the molecule is COCCCOc1cc(C[C@@H](NC=O)C(C)C)ccc1F. The van der Waals surface area contributed by atoms with Crippen LogP contribution in [-0.2, 0) is 16.0 Å². The van der Waals surface area contributed by atoms with E-state index in [1.807, 2.05) is 13.8 Å². The summed E-state index contributed by atoms with van der Waals surface area (Å²) in [6, 6.07) is 4.84. The summed E-state index contributed by atoms with van der Waals surface area (Å²) in [5.74, 6) is 0.171. The fourth-order valence-electron chi connectivity index (χ4n) is 2.00. The summed E-state index contributed by atoms with van der Waals surface area (Å²) in [5.41, 5.74) is 0.936. The van der Waals surface area contributed by atoms with Gasteiger partial charge in [0.05, 0.1) is 6.61 Å². The van der Waals surface area contributed by atoms with Gasteiger partial charge >= 0.3 is 0 Å². The number of hydrogen-bond acceptors (Lipinski definition) is 3.